The van der Waals surface area contributed by atoms with Crippen molar-refractivity contribution >= 4 is 21.9 Å². The summed E-state index contributed by atoms with van der Waals surface area (Å²) < 4.78 is 34.9. The van der Waals surface area contributed by atoms with E-state index in [1.807, 2.05) is 0 Å². The van der Waals surface area contributed by atoms with Crippen LogP contribution in [0.15, 0.2) is 0 Å². The topological polar surface area (TPSA) is 63.3 Å². The van der Waals surface area contributed by atoms with Crippen LogP contribution in [0.5, 0.6) is 0 Å². The lowest BCUT2D eigenvalue weighted by Crippen LogP contribution is -2.47. The largest absolute Gasteiger partial charge is 0.480 e. The van der Waals surface area contributed by atoms with Crippen LogP contribution in [0.4, 0.5) is 13.2 Å². The third kappa shape index (κ3) is 3.06. The summed E-state index contributed by atoms with van der Waals surface area (Å²) in [6, 6.07) is -2.38. The third-order valence-electron chi connectivity index (χ3n) is 0.929. The molecule has 0 heterocycles. The highest BCUT2D eigenvalue weighted by Crippen LogP contribution is 2.24. The molecular formula is C4H5BrF3NO2. The lowest BCUT2D eigenvalue weighted by atomic mass is 10.2. The first-order valence-electron chi connectivity index (χ1n) is 2.46. The molecule has 3 nitrogen and oxygen atoms in total. The molecule has 0 saturated carbocycles. The smallest absolute Gasteiger partial charge is 0.405 e. The van der Waals surface area contributed by atoms with Crippen molar-refractivity contribution in [3.8, 4) is 0 Å². The SMILES string of the molecule is N[C@@H]([C@@H](Br)C(=O)O)C(F)(F)F. The predicted octanol–water partition coefficient (Wildman–Crippen LogP) is 0.724. The Hall–Kier alpha value is -0.300. The summed E-state index contributed by atoms with van der Waals surface area (Å²) in [6.07, 6.45) is -4.69. The molecule has 11 heavy (non-hydrogen) atoms. The molecule has 0 aliphatic heterocycles. The van der Waals surface area contributed by atoms with E-state index in [2.05, 4.69) is 21.7 Å². The van der Waals surface area contributed by atoms with Crippen LogP contribution in [0.1, 0.15) is 0 Å². The van der Waals surface area contributed by atoms with Gasteiger partial charge >= 0.3 is 12.1 Å². The highest BCUT2D eigenvalue weighted by atomic mass is 79.9. The Morgan fingerprint density at radius 3 is 2.00 bits per heavy atom. The first-order valence-corrected chi connectivity index (χ1v) is 3.37. The van der Waals surface area contributed by atoms with Crippen molar-refractivity contribution in [1.82, 2.24) is 0 Å². The van der Waals surface area contributed by atoms with Crippen LogP contribution in [0.25, 0.3) is 0 Å². The molecule has 7 heteroatoms. The molecule has 0 aromatic rings. The van der Waals surface area contributed by atoms with Crippen LogP contribution in [-0.4, -0.2) is 28.1 Å². The number of aliphatic carboxylic acids is 1. The van der Waals surface area contributed by atoms with E-state index in [0.717, 1.165) is 0 Å². The fourth-order valence-corrected chi connectivity index (χ4v) is 0.619. The zero-order valence-corrected chi connectivity index (χ0v) is 6.69. The average Bonchev–Trinajstić information content (AvgIpc) is 1.82. The molecule has 3 N–H and O–H groups in total. The van der Waals surface area contributed by atoms with Gasteiger partial charge < -0.3 is 10.8 Å². The van der Waals surface area contributed by atoms with E-state index < -0.39 is 23.0 Å². The molecule has 0 fully saturated rings. The van der Waals surface area contributed by atoms with Gasteiger partial charge in [0.05, 0.1) is 0 Å². The quantitative estimate of drug-likeness (QED) is 0.694. The molecule has 0 aliphatic carbocycles. The monoisotopic (exact) mass is 235 g/mol. The lowest BCUT2D eigenvalue weighted by Gasteiger charge is -2.17. The summed E-state index contributed by atoms with van der Waals surface area (Å²) >= 11 is 2.30. The fourth-order valence-electron chi connectivity index (χ4n) is 0.320. The highest BCUT2D eigenvalue weighted by Gasteiger charge is 2.43. The van der Waals surface area contributed by atoms with Crippen LogP contribution < -0.4 is 5.73 Å². The summed E-state index contributed by atoms with van der Waals surface area (Å²) in [5.74, 6) is -1.63. The number of rotatable bonds is 2. The number of halogens is 4. The van der Waals surface area contributed by atoms with E-state index in [-0.39, 0.29) is 0 Å². The van der Waals surface area contributed by atoms with Gasteiger partial charge in [-0.3, -0.25) is 4.79 Å². The van der Waals surface area contributed by atoms with Gasteiger partial charge in [0.2, 0.25) is 0 Å². The zero-order valence-electron chi connectivity index (χ0n) is 5.10. The molecule has 0 aromatic heterocycles. The molecule has 0 amide bonds. The van der Waals surface area contributed by atoms with Gasteiger partial charge in [0, 0.05) is 0 Å². The van der Waals surface area contributed by atoms with Crippen molar-refractivity contribution in [3.63, 3.8) is 0 Å². The number of hydrogen-bond donors (Lipinski definition) is 2. The van der Waals surface area contributed by atoms with E-state index >= 15 is 0 Å². The minimum Gasteiger partial charge on any atom is -0.480 e. The van der Waals surface area contributed by atoms with Gasteiger partial charge in [-0.15, -0.1) is 0 Å². The van der Waals surface area contributed by atoms with E-state index in [0.29, 0.717) is 0 Å². The Balaban J connectivity index is 4.25. The Morgan fingerprint density at radius 1 is 1.55 bits per heavy atom. The van der Waals surface area contributed by atoms with Crippen molar-refractivity contribution in [2.75, 3.05) is 0 Å². The van der Waals surface area contributed by atoms with Gasteiger partial charge in [0.25, 0.3) is 0 Å². The maximum atomic E-state index is 11.6. The minimum atomic E-state index is -4.69. The number of nitrogens with two attached hydrogens (primary N) is 1. The highest BCUT2D eigenvalue weighted by molar-refractivity contribution is 9.10. The molecule has 0 spiro atoms. The normalized spacial score (nSPS) is 17.5. The lowest BCUT2D eigenvalue weighted by molar-refractivity contribution is -0.158. The maximum absolute atomic E-state index is 11.6. The number of hydrogen-bond acceptors (Lipinski definition) is 2. The minimum absolute atomic E-state index is 1.63. The maximum Gasteiger partial charge on any atom is 0.405 e. The number of carboxylic acid groups (broad SMARTS) is 1. The van der Waals surface area contributed by atoms with Gasteiger partial charge in [-0.2, -0.15) is 13.2 Å². The summed E-state index contributed by atoms with van der Waals surface area (Å²) in [6.45, 7) is 0. The second-order valence-corrected chi connectivity index (χ2v) is 2.79. The molecular weight excluding hydrogens is 231 g/mol. The Bertz CT molecular complexity index is 160. The van der Waals surface area contributed by atoms with Gasteiger partial charge in [0.15, 0.2) is 0 Å². The van der Waals surface area contributed by atoms with Crippen LogP contribution in [0.3, 0.4) is 0 Å². The predicted molar refractivity (Wildman–Crippen MR) is 34.4 cm³/mol. The van der Waals surface area contributed by atoms with Crippen LogP contribution in [0, 0.1) is 0 Å². The fraction of sp³-hybridized carbons (Fsp3) is 0.750. The van der Waals surface area contributed by atoms with Crippen LogP contribution >= 0.6 is 15.9 Å². The Kier molecular flexibility index (Phi) is 3.30. The van der Waals surface area contributed by atoms with Gasteiger partial charge in [0.1, 0.15) is 10.9 Å². The molecule has 0 bridgehead atoms. The van der Waals surface area contributed by atoms with Crippen molar-refractivity contribution in [2.24, 2.45) is 5.73 Å². The van der Waals surface area contributed by atoms with Crippen LogP contribution in [0.2, 0.25) is 0 Å². The first kappa shape index (κ1) is 10.7. The third-order valence-corrected chi connectivity index (χ3v) is 1.89. The van der Waals surface area contributed by atoms with E-state index in [1.54, 1.807) is 0 Å². The van der Waals surface area contributed by atoms with Gasteiger partial charge in [-0.1, -0.05) is 15.9 Å². The first-order chi connectivity index (χ1) is 4.76. The van der Waals surface area contributed by atoms with Crippen molar-refractivity contribution in [1.29, 1.82) is 0 Å². The van der Waals surface area contributed by atoms with E-state index in [1.165, 1.54) is 0 Å². The van der Waals surface area contributed by atoms with Crippen molar-refractivity contribution < 1.29 is 23.1 Å². The molecule has 2 atom stereocenters. The van der Waals surface area contributed by atoms with Gasteiger partial charge in [-0.05, 0) is 0 Å². The second kappa shape index (κ2) is 3.40. The Labute approximate surface area is 68.5 Å². The molecule has 0 unspecified atom stereocenters. The van der Waals surface area contributed by atoms with Gasteiger partial charge in [-0.25, -0.2) is 0 Å². The second-order valence-electron chi connectivity index (χ2n) is 1.81. The molecule has 0 saturated heterocycles. The van der Waals surface area contributed by atoms with Crippen LogP contribution in [-0.2, 0) is 4.79 Å². The molecule has 0 rings (SSSR count). The summed E-state index contributed by atoms with van der Waals surface area (Å²) in [5, 5.41) is 8.09. The number of carbonyl (C=O) groups is 1. The summed E-state index contributed by atoms with van der Waals surface area (Å²) in [4.78, 5) is 8.17. The number of carboxylic acids is 1. The van der Waals surface area contributed by atoms with E-state index in [4.69, 9.17) is 5.11 Å². The molecule has 0 aliphatic rings. The average molecular weight is 236 g/mol. The molecule has 66 valence electrons. The molecule has 0 aromatic carbocycles. The number of alkyl halides is 4. The summed E-state index contributed by atoms with van der Waals surface area (Å²) in [5.41, 5.74) is 4.54. The summed E-state index contributed by atoms with van der Waals surface area (Å²) in [7, 11) is 0. The standard InChI is InChI=1S/C4H5BrF3NO2/c5-1(3(10)11)2(9)4(6,7)8/h1-2H,9H2,(H,10,11)/t1-,2+/m1/s1. The zero-order chi connectivity index (χ0) is 9.23. The molecule has 0 radical (unpaired) electrons. The van der Waals surface area contributed by atoms with Crippen molar-refractivity contribution in [3.05, 3.63) is 0 Å². The van der Waals surface area contributed by atoms with Crippen molar-refractivity contribution in [2.45, 2.75) is 17.0 Å². The van der Waals surface area contributed by atoms with E-state index in [9.17, 15) is 18.0 Å². The Morgan fingerprint density at radius 2 is 1.91 bits per heavy atom.